The van der Waals surface area contributed by atoms with E-state index < -0.39 is 0 Å². The molecule has 28 heavy (non-hydrogen) atoms. The second-order valence-electron chi connectivity index (χ2n) is 8.67. The third kappa shape index (κ3) is 4.56. The second-order valence-corrected chi connectivity index (χ2v) is 9.54. The third-order valence-electron chi connectivity index (χ3n) is 6.67. The SMILES string of the molecule is C\C=C/C(=C\C=C\CC)C12CC1(CCCC(=O)CC(CCC)c1ccns1)C2. The molecule has 2 aliphatic rings. The number of nitrogens with zero attached hydrogens (tertiary/aromatic N) is 1. The van der Waals surface area contributed by atoms with Gasteiger partial charge in [-0.25, -0.2) is 4.37 Å². The maximum atomic E-state index is 12.6. The molecular formula is C25H35NOS. The summed E-state index contributed by atoms with van der Waals surface area (Å²) < 4.78 is 4.22. The highest BCUT2D eigenvalue weighted by atomic mass is 32.1. The summed E-state index contributed by atoms with van der Waals surface area (Å²) in [4.78, 5) is 13.9. The van der Waals surface area contributed by atoms with Crippen LogP contribution in [0.5, 0.6) is 0 Å². The van der Waals surface area contributed by atoms with Gasteiger partial charge in [0.2, 0.25) is 0 Å². The van der Waals surface area contributed by atoms with Gasteiger partial charge in [-0.3, -0.25) is 4.79 Å². The molecular weight excluding hydrogens is 362 g/mol. The molecule has 1 unspecified atom stereocenters. The Morgan fingerprint density at radius 1 is 1.36 bits per heavy atom. The number of carbonyl (C=O) groups excluding carboxylic acids is 1. The van der Waals surface area contributed by atoms with Gasteiger partial charge in [-0.05, 0) is 74.0 Å². The largest absolute Gasteiger partial charge is 0.300 e. The van der Waals surface area contributed by atoms with Gasteiger partial charge >= 0.3 is 0 Å². The van der Waals surface area contributed by atoms with E-state index in [1.807, 2.05) is 6.20 Å². The Bertz CT molecular complexity index is 735. The molecule has 3 heteroatoms. The third-order valence-corrected chi connectivity index (χ3v) is 7.58. The van der Waals surface area contributed by atoms with Crippen LogP contribution in [0.3, 0.4) is 0 Å². The number of allylic oxidation sites excluding steroid dienone is 6. The average molecular weight is 398 g/mol. The molecule has 1 heterocycles. The van der Waals surface area contributed by atoms with E-state index in [1.165, 1.54) is 29.7 Å². The van der Waals surface area contributed by atoms with Gasteiger partial charge in [0.1, 0.15) is 5.78 Å². The summed E-state index contributed by atoms with van der Waals surface area (Å²) in [5, 5.41) is 0. The van der Waals surface area contributed by atoms with Crippen LogP contribution in [0.1, 0.15) is 89.4 Å². The minimum atomic E-state index is 0.374. The smallest absolute Gasteiger partial charge is 0.133 e. The van der Waals surface area contributed by atoms with Gasteiger partial charge < -0.3 is 0 Å². The van der Waals surface area contributed by atoms with Crippen LogP contribution >= 0.6 is 11.5 Å². The van der Waals surface area contributed by atoms with Crippen LogP contribution in [0.4, 0.5) is 0 Å². The first-order valence-electron chi connectivity index (χ1n) is 11.0. The maximum Gasteiger partial charge on any atom is 0.133 e. The Morgan fingerprint density at radius 2 is 2.18 bits per heavy atom. The molecule has 0 amide bonds. The fourth-order valence-electron chi connectivity index (χ4n) is 4.93. The molecule has 0 aliphatic heterocycles. The van der Waals surface area contributed by atoms with Crippen LogP contribution in [-0.4, -0.2) is 10.2 Å². The van der Waals surface area contributed by atoms with Gasteiger partial charge in [0.05, 0.1) is 0 Å². The van der Waals surface area contributed by atoms with Gasteiger partial charge in [0, 0.05) is 35.2 Å². The zero-order valence-corrected chi connectivity index (χ0v) is 18.6. The molecule has 0 spiro atoms. The predicted octanol–water partition coefficient (Wildman–Crippen LogP) is 7.41. The minimum absolute atomic E-state index is 0.374. The fraction of sp³-hybridized carbons (Fsp3) is 0.600. The van der Waals surface area contributed by atoms with Crippen molar-refractivity contribution in [2.24, 2.45) is 10.8 Å². The van der Waals surface area contributed by atoms with Crippen LogP contribution < -0.4 is 0 Å². The molecule has 2 nitrogen and oxygen atoms in total. The molecule has 2 saturated carbocycles. The summed E-state index contributed by atoms with van der Waals surface area (Å²) in [5.41, 5.74) is 2.45. The average Bonchev–Trinajstić information content (AvgIpc) is 3.35. The molecule has 0 radical (unpaired) electrons. The van der Waals surface area contributed by atoms with Crippen molar-refractivity contribution in [1.29, 1.82) is 0 Å². The first kappa shape index (κ1) is 21.2. The molecule has 0 saturated heterocycles. The molecule has 0 bridgehead atoms. The Hall–Kier alpha value is -1.48. The minimum Gasteiger partial charge on any atom is -0.300 e. The van der Waals surface area contributed by atoms with E-state index in [0.29, 0.717) is 29.0 Å². The van der Waals surface area contributed by atoms with E-state index in [4.69, 9.17) is 0 Å². The van der Waals surface area contributed by atoms with E-state index in [1.54, 1.807) is 11.5 Å². The maximum absolute atomic E-state index is 12.6. The van der Waals surface area contributed by atoms with Crippen molar-refractivity contribution in [3.05, 3.63) is 53.1 Å². The zero-order valence-electron chi connectivity index (χ0n) is 17.7. The monoisotopic (exact) mass is 397 g/mol. The van der Waals surface area contributed by atoms with E-state index in [-0.39, 0.29) is 0 Å². The summed E-state index contributed by atoms with van der Waals surface area (Å²) in [6, 6.07) is 2.09. The number of hydrogen-bond acceptors (Lipinski definition) is 3. The highest BCUT2D eigenvalue weighted by Gasteiger charge is 2.82. The van der Waals surface area contributed by atoms with E-state index in [2.05, 4.69) is 61.6 Å². The van der Waals surface area contributed by atoms with Gasteiger partial charge in [-0.15, -0.1) is 0 Å². The van der Waals surface area contributed by atoms with Crippen molar-refractivity contribution in [2.45, 2.75) is 84.5 Å². The highest BCUT2D eigenvalue weighted by molar-refractivity contribution is 7.05. The lowest BCUT2D eigenvalue weighted by Gasteiger charge is -2.13. The lowest BCUT2D eigenvalue weighted by Crippen LogP contribution is -2.06. The van der Waals surface area contributed by atoms with Crippen LogP contribution in [0.15, 0.2) is 48.2 Å². The van der Waals surface area contributed by atoms with Crippen LogP contribution in [0.2, 0.25) is 0 Å². The van der Waals surface area contributed by atoms with Crippen molar-refractivity contribution in [1.82, 2.24) is 4.37 Å². The summed E-state index contributed by atoms with van der Waals surface area (Å²) >= 11 is 1.55. The van der Waals surface area contributed by atoms with Gasteiger partial charge in [-0.1, -0.05) is 50.6 Å². The molecule has 3 rings (SSSR count). The van der Waals surface area contributed by atoms with Crippen molar-refractivity contribution in [3.63, 3.8) is 0 Å². The van der Waals surface area contributed by atoms with E-state index in [9.17, 15) is 4.79 Å². The van der Waals surface area contributed by atoms with Crippen molar-refractivity contribution < 1.29 is 4.79 Å². The van der Waals surface area contributed by atoms with Gasteiger partial charge in [0.25, 0.3) is 0 Å². The van der Waals surface area contributed by atoms with E-state index in [0.717, 1.165) is 32.1 Å². The summed E-state index contributed by atoms with van der Waals surface area (Å²) in [6.45, 7) is 6.48. The number of Topliss-reactive ketones (excluding diaryl/α,β-unsaturated/α-hetero) is 1. The second kappa shape index (κ2) is 9.35. The topological polar surface area (TPSA) is 30.0 Å². The normalized spacial score (nSPS) is 27.3. The Morgan fingerprint density at radius 3 is 2.82 bits per heavy atom. The molecule has 152 valence electrons. The lowest BCUT2D eigenvalue weighted by molar-refractivity contribution is -0.119. The predicted molar refractivity (Wildman–Crippen MR) is 120 cm³/mol. The zero-order chi connectivity index (χ0) is 20.0. The van der Waals surface area contributed by atoms with Crippen LogP contribution in [0.25, 0.3) is 0 Å². The Labute approximate surface area is 175 Å². The molecule has 1 atom stereocenters. The van der Waals surface area contributed by atoms with Gasteiger partial charge in [-0.2, -0.15) is 0 Å². The first-order chi connectivity index (χ1) is 13.6. The number of carbonyl (C=O) groups is 1. The lowest BCUT2D eigenvalue weighted by atomic mass is 9.93. The van der Waals surface area contributed by atoms with Crippen LogP contribution in [-0.2, 0) is 4.79 Å². The number of fused-ring (bicyclic) bond motifs is 1. The number of ketones is 1. The molecule has 1 aromatic heterocycles. The van der Waals surface area contributed by atoms with Crippen molar-refractivity contribution in [3.8, 4) is 0 Å². The first-order valence-corrected chi connectivity index (χ1v) is 11.8. The molecule has 1 aromatic rings. The Balaban J connectivity index is 1.47. The summed E-state index contributed by atoms with van der Waals surface area (Å²) in [7, 11) is 0. The van der Waals surface area contributed by atoms with Crippen molar-refractivity contribution in [2.75, 3.05) is 0 Å². The Kier molecular flexibility index (Phi) is 7.09. The molecule has 2 aliphatic carbocycles. The molecule has 0 aromatic carbocycles. The van der Waals surface area contributed by atoms with E-state index >= 15 is 0 Å². The number of hydrogen-bond donors (Lipinski definition) is 0. The molecule has 0 N–H and O–H groups in total. The summed E-state index contributed by atoms with van der Waals surface area (Å²) in [5.74, 6) is 0.809. The van der Waals surface area contributed by atoms with Gasteiger partial charge in [0.15, 0.2) is 0 Å². The highest BCUT2D eigenvalue weighted by Crippen LogP contribution is 2.90. The van der Waals surface area contributed by atoms with Crippen molar-refractivity contribution >= 4 is 17.3 Å². The number of aromatic nitrogens is 1. The molecule has 2 fully saturated rings. The standard InChI is InChI=1S/C25H35NOS/c1-4-7-8-12-21(11-6-3)25-18-24(25,19-25)15-9-13-22(27)17-20(10-5-2)23-14-16-26-28-23/h6-8,11-12,14,16,20H,4-5,9-10,13,15,17-19H2,1-3H3/b8-7+,11-6-,21-12+. The van der Waals surface area contributed by atoms with Crippen LogP contribution in [0, 0.1) is 10.8 Å². The number of rotatable bonds is 13. The fourth-order valence-corrected chi connectivity index (χ4v) is 5.65. The quantitative estimate of drug-likeness (QED) is 0.324. The summed E-state index contributed by atoms with van der Waals surface area (Å²) in [6.07, 6.45) is 22.7.